The summed E-state index contributed by atoms with van der Waals surface area (Å²) in [5, 5.41) is 0. The zero-order valence-electron chi connectivity index (χ0n) is 12.2. The third kappa shape index (κ3) is 2.89. The number of amides is 1. The van der Waals surface area contributed by atoms with E-state index in [9.17, 15) is 13.2 Å². The minimum Gasteiger partial charge on any atom is -0.454 e. The summed E-state index contributed by atoms with van der Waals surface area (Å²) in [7, 11) is -3.79. The van der Waals surface area contributed by atoms with Gasteiger partial charge in [0.2, 0.25) is 22.7 Å². The summed E-state index contributed by atoms with van der Waals surface area (Å²) in [6.45, 7) is 3.02. The molecule has 120 valence electrons. The van der Waals surface area contributed by atoms with E-state index in [2.05, 4.69) is 4.72 Å². The number of likely N-dealkylation sites (tertiary alicyclic amines) is 1. The van der Waals surface area contributed by atoms with Gasteiger partial charge in [-0.1, -0.05) is 0 Å². The van der Waals surface area contributed by atoms with Gasteiger partial charge in [-0.25, -0.2) is 8.42 Å². The summed E-state index contributed by atoms with van der Waals surface area (Å²) in [6.07, 6.45) is 1.93. The fourth-order valence-electron chi connectivity index (χ4n) is 2.61. The number of carbonyl (C=O) groups is 1. The van der Waals surface area contributed by atoms with Crippen LogP contribution in [0.5, 0.6) is 11.5 Å². The number of nitrogens with zero attached hydrogens (tertiary/aromatic N) is 1. The molecule has 2 heterocycles. The quantitative estimate of drug-likeness (QED) is 0.880. The molecule has 1 atom stereocenters. The van der Waals surface area contributed by atoms with Crippen LogP contribution < -0.4 is 14.2 Å². The molecule has 1 aromatic carbocycles. The van der Waals surface area contributed by atoms with Crippen LogP contribution in [0.15, 0.2) is 23.1 Å². The Morgan fingerprint density at radius 2 is 1.91 bits per heavy atom. The number of sulfonamides is 1. The number of hydrogen-bond acceptors (Lipinski definition) is 5. The molecule has 0 radical (unpaired) electrons. The molecule has 1 fully saturated rings. The zero-order valence-corrected chi connectivity index (χ0v) is 13.1. The van der Waals surface area contributed by atoms with E-state index < -0.39 is 16.1 Å². The third-order valence-electron chi connectivity index (χ3n) is 3.77. The van der Waals surface area contributed by atoms with Crippen molar-refractivity contribution in [3.05, 3.63) is 18.2 Å². The van der Waals surface area contributed by atoms with E-state index in [4.69, 9.17) is 9.47 Å². The monoisotopic (exact) mass is 326 g/mol. The van der Waals surface area contributed by atoms with E-state index in [0.29, 0.717) is 24.6 Å². The predicted octanol–water partition coefficient (Wildman–Crippen LogP) is 0.704. The second-order valence-corrected chi connectivity index (χ2v) is 7.10. The van der Waals surface area contributed by atoms with Gasteiger partial charge in [0.1, 0.15) is 0 Å². The van der Waals surface area contributed by atoms with E-state index in [1.54, 1.807) is 17.9 Å². The SMILES string of the molecule is C[C@@H](NS(=O)(=O)c1ccc2c(c1)OCO2)C(=O)N1CCCC1. The van der Waals surface area contributed by atoms with Gasteiger partial charge in [0.25, 0.3) is 0 Å². The minimum atomic E-state index is -3.79. The molecule has 0 unspecified atom stereocenters. The summed E-state index contributed by atoms with van der Waals surface area (Å²) in [5.41, 5.74) is 0. The molecular weight excluding hydrogens is 308 g/mol. The van der Waals surface area contributed by atoms with Crippen LogP contribution in [0, 0.1) is 0 Å². The Morgan fingerprint density at radius 3 is 2.64 bits per heavy atom. The second-order valence-electron chi connectivity index (χ2n) is 5.39. The number of ether oxygens (including phenoxy) is 2. The Labute approximate surface area is 129 Å². The normalized spacial score (nSPS) is 18.5. The van der Waals surface area contributed by atoms with Crippen LogP contribution in [0.2, 0.25) is 0 Å². The highest BCUT2D eigenvalue weighted by Gasteiger charge is 2.28. The number of hydrogen-bond donors (Lipinski definition) is 1. The molecule has 22 heavy (non-hydrogen) atoms. The van der Waals surface area contributed by atoms with Crippen LogP contribution in [0.3, 0.4) is 0 Å². The number of nitrogens with one attached hydrogen (secondary N) is 1. The lowest BCUT2D eigenvalue weighted by molar-refractivity contribution is -0.131. The van der Waals surface area contributed by atoms with Crippen LogP contribution in [0.4, 0.5) is 0 Å². The molecule has 1 N–H and O–H groups in total. The maximum atomic E-state index is 12.4. The van der Waals surface area contributed by atoms with Crippen LogP contribution >= 0.6 is 0 Å². The molecule has 1 saturated heterocycles. The van der Waals surface area contributed by atoms with Gasteiger partial charge in [-0.2, -0.15) is 4.72 Å². The van der Waals surface area contributed by atoms with E-state index in [-0.39, 0.29) is 17.6 Å². The van der Waals surface area contributed by atoms with Gasteiger partial charge in [-0.3, -0.25) is 4.79 Å². The Balaban J connectivity index is 1.74. The highest BCUT2D eigenvalue weighted by Crippen LogP contribution is 2.33. The topological polar surface area (TPSA) is 84.9 Å². The summed E-state index contributed by atoms with van der Waals surface area (Å²) in [6, 6.07) is 3.58. The minimum absolute atomic E-state index is 0.0535. The molecule has 0 bridgehead atoms. The van der Waals surface area contributed by atoms with Crippen LogP contribution in [0.25, 0.3) is 0 Å². The predicted molar refractivity (Wildman–Crippen MR) is 78.2 cm³/mol. The first-order valence-electron chi connectivity index (χ1n) is 7.18. The largest absolute Gasteiger partial charge is 0.454 e. The number of benzene rings is 1. The van der Waals surface area contributed by atoms with Crippen LogP contribution in [-0.2, 0) is 14.8 Å². The van der Waals surface area contributed by atoms with E-state index in [1.807, 2.05) is 0 Å². The maximum absolute atomic E-state index is 12.4. The Hall–Kier alpha value is -1.80. The molecule has 7 nitrogen and oxygen atoms in total. The number of carbonyl (C=O) groups excluding carboxylic acids is 1. The van der Waals surface area contributed by atoms with Gasteiger partial charge in [0.15, 0.2) is 11.5 Å². The maximum Gasteiger partial charge on any atom is 0.241 e. The Morgan fingerprint density at radius 1 is 1.23 bits per heavy atom. The highest BCUT2D eigenvalue weighted by atomic mass is 32.2. The van der Waals surface area contributed by atoms with Crippen molar-refractivity contribution in [3.8, 4) is 11.5 Å². The standard InChI is InChI=1S/C14H18N2O5S/c1-10(14(17)16-6-2-3-7-16)15-22(18,19)11-4-5-12-13(8-11)21-9-20-12/h4-5,8,10,15H,2-3,6-7,9H2,1H3/t10-/m1/s1. The Bertz CT molecular complexity index is 682. The molecule has 1 aromatic rings. The molecule has 8 heteroatoms. The van der Waals surface area contributed by atoms with Crippen molar-refractivity contribution in [2.45, 2.75) is 30.7 Å². The summed E-state index contributed by atoms with van der Waals surface area (Å²) in [4.78, 5) is 13.9. The van der Waals surface area contributed by atoms with Gasteiger partial charge in [-0.15, -0.1) is 0 Å². The molecular formula is C14H18N2O5S. The molecule has 1 amide bonds. The molecule has 2 aliphatic rings. The van der Waals surface area contributed by atoms with Gasteiger partial charge in [0.05, 0.1) is 10.9 Å². The fraction of sp³-hybridized carbons (Fsp3) is 0.500. The highest BCUT2D eigenvalue weighted by molar-refractivity contribution is 7.89. The lowest BCUT2D eigenvalue weighted by atomic mass is 10.3. The van der Waals surface area contributed by atoms with Crippen molar-refractivity contribution in [3.63, 3.8) is 0 Å². The van der Waals surface area contributed by atoms with Crippen LogP contribution in [0.1, 0.15) is 19.8 Å². The zero-order chi connectivity index (χ0) is 15.7. The lowest BCUT2D eigenvalue weighted by Gasteiger charge is -2.21. The van der Waals surface area contributed by atoms with Crippen molar-refractivity contribution in [2.24, 2.45) is 0 Å². The molecule has 2 aliphatic heterocycles. The number of rotatable bonds is 4. The average molecular weight is 326 g/mol. The van der Waals surface area contributed by atoms with Gasteiger partial charge in [-0.05, 0) is 31.9 Å². The first-order chi connectivity index (χ1) is 10.5. The molecule has 0 saturated carbocycles. The van der Waals surface area contributed by atoms with E-state index >= 15 is 0 Å². The van der Waals surface area contributed by atoms with Crippen molar-refractivity contribution >= 4 is 15.9 Å². The van der Waals surface area contributed by atoms with Crippen LogP contribution in [-0.4, -0.2) is 45.1 Å². The third-order valence-corrected chi connectivity index (χ3v) is 5.31. The van der Waals surface area contributed by atoms with E-state index in [1.165, 1.54) is 12.1 Å². The first-order valence-corrected chi connectivity index (χ1v) is 8.66. The van der Waals surface area contributed by atoms with Crippen molar-refractivity contribution in [2.75, 3.05) is 19.9 Å². The Kier molecular flexibility index (Phi) is 3.96. The van der Waals surface area contributed by atoms with Gasteiger partial charge < -0.3 is 14.4 Å². The number of fused-ring (bicyclic) bond motifs is 1. The summed E-state index contributed by atoms with van der Waals surface area (Å²) < 4.78 is 37.5. The second kappa shape index (κ2) is 5.77. The van der Waals surface area contributed by atoms with E-state index in [0.717, 1.165) is 12.8 Å². The summed E-state index contributed by atoms with van der Waals surface area (Å²) >= 11 is 0. The first kappa shape index (κ1) is 15.1. The average Bonchev–Trinajstić information content (AvgIpc) is 3.16. The van der Waals surface area contributed by atoms with Crippen molar-refractivity contribution in [1.29, 1.82) is 0 Å². The fourth-order valence-corrected chi connectivity index (χ4v) is 3.82. The molecule has 0 spiro atoms. The van der Waals surface area contributed by atoms with Gasteiger partial charge >= 0.3 is 0 Å². The molecule has 0 aliphatic carbocycles. The van der Waals surface area contributed by atoms with Crippen molar-refractivity contribution in [1.82, 2.24) is 9.62 Å². The summed E-state index contributed by atoms with van der Waals surface area (Å²) in [5.74, 6) is 0.711. The lowest BCUT2D eigenvalue weighted by Crippen LogP contribution is -2.45. The molecule has 3 rings (SSSR count). The molecule has 0 aromatic heterocycles. The van der Waals surface area contributed by atoms with Gasteiger partial charge in [0, 0.05) is 19.2 Å². The smallest absolute Gasteiger partial charge is 0.241 e. The van der Waals surface area contributed by atoms with Crippen molar-refractivity contribution < 1.29 is 22.7 Å².